The number of nitrogens with zero attached hydrogens (tertiary/aromatic N) is 1. The number of halogens is 1. The second kappa shape index (κ2) is 5.67. The summed E-state index contributed by atoms with van der Waals surface area (Å²) in [5, 5.41) is 3.34. The zero-order valence-electron chi connectivity index (χ0n) is 13.4. The third-order valence-electron chi connectivity index (χ3n) is 4.45. The van der Waals surface area contributed by atoms with Gasteiger partial charge in [0.25, 0.3) is 5.91 Å². The van der Waals surface area contributed by atoms with Crippen molar-refractivity contribution in [3.63, 3.8) is 0 Å². The molecular weight excluding hydrogens is 344 g/mol. The lowest BCUT2D eigenvalue weighted by Crippen LogP contribution is -2.40. The number of fused-ring (bicyclic) bond motifs is 1. The molecule has 2 heterocycles. The first-order valence-electron chi connectivity index (χ1n) is 7.76. The van der Waals surface area contributed by atoms with Crippen molar-refractivity contribution < 1.29 is 19.1 Å². The van der Waals surface area contributed by atoms with Gasteiger partial charge >= 0.3 is 6.03 Å². The number of nitrogens with one attached hydrogen (secondary N) is 1. The Bertz CT molecular complexity index is 885. The molecule has 1 unspecified atom stereocenters. The molecule has 1 N–H and O–H groups in total. The number of hydrogen-bond acceptors (Lipinski definition) is 4. The highest BCUT2D eigenvalue weighted by molar-refractivity contribution is 6.30. The van der Waals surface area contributed by atoms with Crippen LogP contribution in [0.5, 0.6) is 11.5 Å². The first kappa shape index (κ1) is 15.8. The van der Waals surface area contributed by atoms with Crippen LogP contribution in [0.15, 0.2) is 42.5 Å². The Hall–Kier alpha value is -2.73. The molecule has 0 aliphatic carbocycles. The molecule has 0 saturated carbocycles. The largest absolute Gasteiger partial charge is 0.454 e. The molecule has 6 nitrogen and oxygen atoms in total. The summed E-state index contributed by atoms with van der Waals surface area (Å²) in [4.78, 5) is 26.6. The minimum absolute atomic E-state index is 0.150. The first-order valence-corrected chi connectivity index (χ1v) is 8.14. The van der Waals surface area contributed by atoms with Crippen molar-refractivity contribution in [2.75, 3.05) is 6.79 Å². The van der Waals surface area contributed by atoms with Crippen molar-refractivity contribution in [1.29, 1.82) is 0 Å². The predicted molar refractivity (Wildman–Crippen MR) is 90.5 cm³/mol. The van der Waals surface area contributed by atoms with Gasteiger partial charge in [-0.15, -0.1) is 0 Å². The van der Waals surface area contributed by atoms with E-state index in [0.717, 1.165) is 5.56 Å². The molecule has 1 saturated heterocycles. The van der Waals surface area contributed by atoms with Crippen molar-refractivity contribution in [1.82, 2.24) is 10.2 Å². The van der Waals surface area contributed by atoms with Crippen molar-refractivity contribution >= 4 is 23.5 Å². The topological polar surface area (TPSA) is 67.9 Å². The molecule has 2 aliphatic rings. The number of urea groups is 1. The lowest BCUT2D eigenvalue weighted by atomic mass is 9.91. The van der Waals surface area contributed by atoms with Gasteiger partial charge < -0.3 is 14.8 Å². The fraction of sp³-hybridized carbons (Fsp3) is 0.222. The van der Waals surface area contributed by atoms with Crippen LogP contribution in [0.3, 0.4) is 0 Å². The standard InChI is InChI=1S/C18H15ClN2O4/c1-18(12-5-6-14-15(8-12)25-10-24-14)16(22)21(17(23)20-18)9-11-3-2-4-13(19)7-11/h2-8H,9-10H2,1H3,(H,20,23). The van der Waals surface area contributed by atoms with E-state index in [9.17, 15) is 9.59 Å². The third kappa shape index (κ3) is 2.59. The Morgan fingerprint density at radius 3 is 2.76 bits per heavy atom. The van der Waals surface area contributed by atoms with Gasteiger partial charge in [-0.05, 0) is 42.3 Å². The third-order valence-corrected chi connectivity index (χ3v) is 4.69. The summed E-state index contributed by atoms with van der Waals surface area (Å²) in [5.74, 6) is 0.866. The van der Waals surface area contributed by atoms with Crippen molar-refractivity contribution in [3.05, 3.63) is 58.6 Å². The van der Waals surface area contributed by atoms with Crippen molar-refractivity contribution in [2.24, 2.45) is 0 Å². The van der Waals surface area contributed by atoms with Gasteiger partial charge in [-0.25, -0.2) is 4.79 Å². The molecule has 25 heavy (non-hydrogen) atoms. The SMILES string of the molecule is CC1(c2ccc3c(c2)OCO3)NC(=O)N(Cc2cccc(Cl)c2)C1=O. The van der Waals surface area contributed by atoms with E-state index < -0.39 is 11.6 Å². The highest BCUT2D eigenvalue weighted by Gasteiger charge is 2.49. The van der Waals surface area contributed by atoms with Crippen LogP contribution in [0.25, 0.3) is 0 Å². The molecule has 1 fully saturated rings. The van der Waals surface area contributed by atoms with Gasteiger partial charge in [0.05, 0.1) is 6.54 Å². The molecule has 0 bridgehead atoms. The molecule has 0 radical (unpaired) electrons. The quantitative estimate of drug-likeness (QED) is 0.856. The predicted octanol–water partition coefficient (Wildman–Crippen LogP) is 3.04. The molecule has 128 valence electrons. The van der Waals surface area contributed by atoms with E-state index in [1.807, 2.05) is 6.07 Å². The number of benzene rings is 2. The van der Waals surface area contributed by atoms with E-state index in [2.05, 4.69) is 5.32 Å². The van der Waals surface area contributed by atoms with Crippen molar-refractivity contribution in [2.45, 2.75) is 19.0 Å². The van der Waals surface area contributed by atoms with Crippen LogP contribution in [0, 0.1) is 0 Å². The van der Waals surface area contributed by atoms with Crippen LogP contribution in [0.2, 0.25) is 5.02 Å². The number of hydrogen-bond donors (Lipinski definition) is 1. The number of carbonyl (C=O) groups excluding carboxylic acids is 2. The van der Waals surface area contributed by atoms with E-state index in [1.54, 1.807) is 43.3 Å². The Labute approximate surface area is 149 Å². The molecule has 2 aromatic carbocycles. The maximum absolute atomic E-state index is 13.0. The molecule has 7 heteroatoms. The van der Waals surface area contributed by atoms with E-state index in [4.69, 9.17) is 21.1 Å². The van der Waals surface area contributed by atoms with Crippen LogP contribution in [0.1, 0.15) is 18.1 Å². The monoisotopic (exact) mass is 358 g/mol. The molecule has 0 aromatic heterocycles. The van der Waals surface area contributed by atoms with E-state index >= 15 is 0 Å². The fourth-order valence-electron chi connectivity index (χ4n) is 3.06. The van der Waals surface area contributed by atoms with Crippen LogP contribution in [-0.4, -0.2) is 23.6 Å². The van der Waals surface area contributed by atoms with E-state index in [1.165, 1.54) is 4.90 Å². The smallest absolute Gasteiger partial charge is 0.325 e. The second-order valence-electron chi connectivity index (χ2n) is 6.14. The van der Waals surface area contributed by atoms with Crippen molar-refractivity contribution in [3.8, 4) is 11.5 Å². The summed E-state index contributed by atoms with van der Waals surface area (Å²) >= 11 is 5.98. The van der Waals surface area contributed by atoms with E-state index in [-0.39, 0.29) is 19.2 Å². The lowest BCUT2D eigenvalue weighted by Gasteiger charge is -2.22. The maximum Gasteiger partial charge on any atom is 0.325 e. The van der Waals surface area contributed by atoms with Crippen LogP contribution in [0.4, 0.5) is 4.79 Å². The molecule has 1 atom stereocenters. The van der Waals surface area contributed by atoms with Crippen LogP contribution >= 0.6 is 11.6 Å². The van der Waals surface area contributed by atoms with Gasteiger partial charge in [-0.3, -0.25) is 9.69 Å². The highest BCUT2D eigenvalue weighted by atomic mass is 35.5. The zero-order valence-corrected chi connectivity index (χ0v) is 14.2. The average Bonchev–Trinajstić information content (AvgIpc) is 3.13. The van der Waals surface area contributed by atoms with Gasteiger partial charge in [0, 0.05) is 5.02 Å². The Morgan fingerprint density at radius 1 is 1.16 bits per heavy atom. The maximum atomic E-state index is 13.0. The summed E-state index contributed by atoms with van der Waals surface area (Å²) in [6, 6.07) is 11.9. The highest BCUT2D eigenvalue weighted by Crippen LogP contribution is 2.38. The van der Waals surface area contributed by atoms with Gasteiger partial charge in [0.15, 0.2) is 11.5 Å². The Balaban J connectivity index is 1.63. The molecule has 2 aromatic rings. The molecular formula is C18H15ClN2O4. The summed E-state index contributed by atoms with van der Waals surface area (Å²) in [5.41, 5.74) is 0.269. The van der Waals surface area contributed by atoms with Gasteiger partial charge in [0.2, 0.25) is 6.79 Å². The molecule has 2 aliphatic heterocycles. The van der Waals surface area contributed by atoms with E-state index in [0.29, 0.717) is 22.1 Å². The summed E-state index contributed by atoms with van der Waals surface area (Å²) in [6.45, 7) is 1.99. The number of ether oxygens (including phenoxy) is 2. The first-order chi connectivity index (χ1) is 12.0. The minimum atomic E-state index is -1.16. The average molecular weight is 359 g/mol. The number of carbonyl (C=O) groups is 2. The number of rotatable bonds is 3. The van der Waals surface area contributed by atoms with Gasteiger partial charge in [-0.1, -0.05) is 29.8 Å². The van der Waals surface area contributed by atoms with Gasteiger partial charge in [0.1, 0.15) is 5.54 Å². The summed E-state index contributed by atoms with van der Waals surface area (Å²) in [7, 11) is 0. The minimum Gasteiger partial charge on any atom is -0.454 e. The normalized spacial score (nSPS) is 21.6. The van der Waals surface area contributed by atoms with Gasteiger partial charge in [-0.2, -0.15) is 0 Å². The Morgan fingerprint density at radius 2 is 1.96 bits per heavy atom. The molecule has 3 amide bonds. The Kier molecular flexibility index (Phi) is 3.58. The fourth-order valence-corrected chi connectivity index (χ4v) is 3.27. The zero-order chi connectivity index (χ0) is 17.6. The number of imide groups is 1. The lowest BCUT2D eigenvalue weighted by molar-refractivity contribution is -0.131. The summed E-state index contributed by atoms with van der Waals surface area (Å²) < 4.78 is 10.7. The van der Waals surface area contributed by atoms with Crippen LogP contribution in [-0.2, 0) is 16.9 Å². The summed E-state index contributed by atoms with van der Waals surface area (Å²) in [6.07, 6.45) is 0. The molecule has 4 rings (SSSR count). The van der Waals surface area contributed by atoms with Crippen LogP contribution < -0.4 is 14.8 Å². The molecule has 0 spiro atoms. The second-order valence-corrected chi connectivity index (χ2v) is 6.58. The number of amides is 3.